The highest BCUT2D eigenvalue weighted by Crippen LogP contribution is 2.31. The van der Waals surface area contributed by atoms with E-state index in [9.17, 15) is 9.59 Å². The second kappa shape index (κ2) is 6.93. The van der Waals surface area contributed by atoms with Gasteiger partial charge in [0.05, 0.1) is 11.4 Å². The topological polar surface area (TPSA) is 65.5 Å². The zero-order valence-corrected chi connectivity index (χ0v) is 14.7. The molecule has 2 aromatic rings. The molecule has 1 aromatic carbocycles. The number of nitrogens with one attached hydrogen (secondary N) is 1. The molecule has 1 N–H and O–H groups in total. The molecule has 1 atom stereocenters. The number of hydrogen-bond acceptors (Lipinski definition) is 4. The van der Waals surface area contributed by atoms with Gasteiger partial charge in [0.15, 0.2) is 0 Å². The summed E-state index contributed by atoms with van der Waals surface area (Å²) < 4.78 is 0. The second-order valence-electron chi connectivity index (χ2n) is 6.34. The molecule has 2 heterocycles. The number of nitrogens with zero attached hydrogens (tertiary/aromatic N) is 3. The monoisotopic (exact) mass is 338 g/mol. The minimum atomic E-state index is -0.225. The number of hydrogen-bond donors (Lipinski definition) is 1. The maximum absolute atomic E-state index is 12.7. The first kappa shape index (κ1) is 17.0. The zero-order chi connectivity index (χ0) is 18.0. The highest BCUT2D eigenvalue weighted by molar-refractivity contribution is 6.05. The second-order valence-corrected chi connectivity index (χ2v) is 6.34. The third-order valence-corrected chi connectivity index (χ3v) is 4.67. The fourth-order valence-corrected chi connectivity index (χ4v) is 2.87. The van der Waals surface area contributed by atoms with Gasteiger partial charge < -0.3 is 15.1 Å². The molecule has 0 saturated carbocycles. The van der Waals surface area contributed by atoms with Crippen molar-refractivity contribution in [3.05, 3.63) is 53.9 Å². The van der Waals surface area contributed by atoms with Gasteiger partial charge in [0.2, 0.25) is 5.91 Å². The van der Waals surface area contributed by atoms with Crippen LogP contribution < -0.4 is 10.2 Å². The first-order valence-corrected chi connectivity index (χ1v) is 8.29. The van der Waals surface area contributed by atoms with Crippen LogP contribution in [0.2, 0.25) is 0 Å². The van der Waals surface area contributed by atoms with E-state index in [1.807, 2.05) is 43.1 Å². The Morgan fingerprint density at radius 2 is 2.00 bits per heavy atom. The molecule has 1 unspecified atom stereocenters. The van der Waals surface area contributed by atoms with Crippen LogP contribution in [0.4, 0.5) is 11.4 Å². The van der Waals surface area contributed by atoms with Crippen LogP contribution in [0, 0.1) is 0 Å². The van der Waals surface area contributed by atoms with Crippen molar-refractivity contribution in [2.24, 2.45) is 0 Å². The van der Waals surface area contributed by atoms with Gasteiger partial charge in [0.25, 0.3) is 5.91 Å². The van der Waals surface area contributed by atoms with Crippen molar-refractivity contribution in [3.63, 3.8) is 0 Å². The maximum Gasteiger partial charge on any atom is 0.253 e. The largest absolute Gasteiger partial charge is 0.361 e. The van der Waals surface area contributed by atoms with E-state index in [-0.39, 0.29) is 17.9 Å². The van der Waals surface area contributed by atoms with Gasteiger partial charge in [-0.15, -0.1) is 0 Å². The van der Waals surface area contributed by atoms with Crippen LogP contribution in [0.3, 0.4) is 0 Å². The van der Waals surface area contributed by atoms with Gasteiger partial charge in [0.1, 0.15) is 6.04 Å². The Morgan fingerprint density at radius 3 is 2.72 bits per heavy atom. The van der Waals surface area contributed by atoms with Gasteiger partial charge in [-0.1, -0.05) is 0 Å². The average Bonchev–Trinajstić information content (AvgIpc) is 2.64. The fraction of sp³-hybridized carbons (Fsp3) is 0.316. The lowest BCUT2D eigenvalue weighted by atomic mass is 10.1. The normalized spacial score (nSPS) is 16.2. The van der Waals surface area contributed by atoms with Crippen LogP contribution in [0.1, 0.15) is 22.8 Å². The van der Waals surface area contributed by atoms with Gasteiger partial charge in [-0.05, 0) is 49.2 Å². The average molecular weight is 338 g/mol. The molecule has 1 aromatic heterocycles. The smallest absolute Gasteiger partial charge is 0.253 e. The van der Waals surface area contributed by atoms with Crippen LogP contribution in [-0.2, 0) is 11.2 Å². The Balaban J connectivity index is 1.72. The van der Waals surface area contributed by atoms with E-state index in [1.165, 1.54) is 0 Å². The van der Waals surface area contributed by atoms with Gasteiger partial charge in [0, 0.05) is 38.6 Å². The lowest BCUT2D eigenvalue weighted by Crippen LogP contribution is -2.44. The summed E-state index contributed by atoms with van der Waals surface area (Å²) in [6.07, 6.45) is 4.27. The third kappa shape index (κ3) is 3.47. The molecular weight excluding hydrogens is 316 g/mol. The van der Waals surface area contributed by atoms with Crippen LogP contribution in [0.25, 0.3) is 0 Å². The third-order valence-electron chi connectivity index (χ3n) is 4.67. The lowest BCUT2D eigenvalue weighted by molar-refractivity contribution is -0.117. The number of fused-ring (bicyclic) bond motifs is 1. The highest BCUT2D eigenvalue weighted by Gasteiger charge is 2.27. The van der Waals surface area contributed by atoms with Crippen molar-refractivity contribution < 1.29 is 9.59 Å². The molecule has 0 saturated heterocycles. The summed E-state index contributed by atoms with van der Waals surface area (Å²) in [4.78, 5) is 32.3. The molecule has 25 heavy (non-hydrogen) atoms. The van der Waals surface area contributed by atoms with Crippen molar-refractivity contribution >= 4 is 23.2 Å². The summed E-state index contributed by atoms with van der Waals surface area (Å²) in [6, 6.07) is 9.12. The molecule has 0 radical (unpaired) electrons. The number of likely N-dealkylation sites (N-methyl/N-ethyl adjacent to an activating group) is 2. The van der Waals surface area contributed by atoms with E-state index in [0.717, 1.165) is 17.7 Å². The highest BCUT2D eigenvalue weighted by atomic mass is 16.2. The Bertz CT molecular complexity index is 791. The number of amides is 2. The van der Waals surface area contributed by atoms with Crippen LogP contribution in [0.15, 0.2) is 42.7 Å². The quantitative estimate of drug-likeness (QED) is 0.928. The molecule has 0 bridgehead atoms. The Kier molecular flexibility index (Phi) is 4.70. The van der Waals surface area contributed by atoms with Crippen molar-refractivity contribution in [1.29, 1.82) is 0 Å². The Labute approximate surface area is 147 Å². The summed E-state index contributed by atoms with van der Waals surface area (Å²) in [5.41, 5.74) is 3.31. The van der Waals surface area contributed by atoms with E-state index in [2.05, 4.69) is 10.3 Å². The molecule has 0 fully saturated rings. The van der Waals surface area contributed by atoms with Gasteiger partial charge >= 0.3 is 0 Å². The van der Waals surface area contributed by atoms with Crippen molar-refractivity contribution in [1.82, 2.24) is 9.88 Å². The Hall–Kier alpha value is -2.89. The number of anilines is 2. The SMILES string of the molecule is CC1C(=O)Nc2cc(C(=O)N(C)CCc3ccncc3)ccc2N1C. The zero-order valence-electron chi connectivity index (χ0n) is 14.7. The van der Waals surface area contributed by atoms with E-state index >= 15 is 0 Å². The van der Waals surface area contributed by atoms with E-state index < -0.39 is 0 Å². The van der Waals surface area contributed by atoms with Crippen LogP contribution >= 0.6 is 0 Å². The van der Waals surface area contributed by atoms with E-state index in [0.29, 0.717) is 17.8 Å². The molecule has 1 aliphatic rings. The minimum absolute atomic E-state index is 0.0626. The molecule has 0 spiro atoms. The first-order chi connectivity index (χ1) is 12.0. The number of carbonyl (C=O) groups excluding carboxylic acids is 2. The molecule has 6 heteroatoms. The molecule has 0 aliphatic carbocycles. The molecule has 3 rings (SSSR count). The van der Waals surface area contributed by atoms with Crippen LogP contribution in [0.5, 0.6) is 0 Å². The van der Waals surface area contributed by atoms with Crippen LogP contribution in [-0.4, -0.2) is 48.4 Å². The van der Waals surface area contributed by atoms with Crippen molar-refractivity contribution in [3.8, 4) is 0 Å². The predicted octanol–water partition coefficient (Wildman–Crippen LogP) is 2.17. The summed E-state index contributed by atoms with van der Waals surface area (Å²) in [5, 5.41) is 2.87. The number of carbonyl (C=O) groups is 2. The van der Waals surface area contributed by atoms with Gasteiger partial charge in [-0.25, -0.2) is 0 Å². The van der Waals surface area contributed by atoms with Gasteiger partial charge in [-0.3, -0.25) is 14.6 Å². The molecule has 1 aliphatic heterocycles. The van der Waals surface area contributed by atoms with E-state index in [4.69, 9.17) is 0 Å². The molecule has 2 amide bonds. The maximum atomic E-state index is 12.7. The summed E-state index contributed by atoms with van der Waals surface area (Å²) in [7, 11) is 3.67. The number of aromatic nitrogens is 1. The van der Waals surface area contributed by atoms with Crippen molar-refractivity contribution in [2.45, 2.75) is 19.4 Å². The number of rotatable bonds is 4. The fourth-order valence-electron chi connectivity index (χ4n) is 2.87. The number of benzene rings is 1. The van der Waals surface area contributed by atoms with Crippen molar-refractivity contribution in [2.75, 3.05) is 30.9 Å². The number of pyridine rings is 1. The van der Waals surface area contributed by atoms with Gasteiger partial charge in [-0.2, -0.15) is 0 Å². The molecule has 6 nitrogen and oxygen atoms in total. The predicted molar refractivity (Wildman–Crippen MR) is 97.8 cm³/mol. The Morgan fingerprint density at radius 1 is 1.28 bits per heavy atom. The summed E-state index contributed by atoms with van der Waals surface area (Å²) in [5.74, 6) is -0.127. The standard InChI is InChI=1S/C19H22N4O2/c1-13-18(24)21-16-12-15(4-5-17(16)23(13)3)19(25)22(2)11-8-14-6-9-20-10-7-14/h4-7,9-10,12-13H,8,11H2,1-3H3,(H,21,24). The van der Waals surface area contributed by atoms with E-state index in [1.54, 1.807) is 30.4 Å². The molecule has 130 valence electrons. The first-order valence-electron chi connectivity index (χ1n) is 8.29. The lowest BCUT2D eigenvalue weighted by Gasteiger charge is -2.33. The summed E-state index contributed by atoms with van der Waals surface area (Å²) >= 11 is 0. The minimum Gasteiger partial charge on any atom is -0.361 e. The molecular formula is C19H22N4O2. The summed E-state index contributed by atoms with van der Waals surface area (Å²) in [6.45, 7) is 2.47.